The monoisotopic (exact) mass is 314 g/mol. The molecule has 1 aromatic carbocycles. The van der Waals surface area contributed by atoms with Crippen molar-refractivity contribution < 1.29 is 9.53 Å². The van der Waals surface area contributed by atoms with Crippen LogP contribution in [0.3, 0.4) is 0 Å². The Morgan fingerprint density at radius 3 is 2.72 bits per heavy atom. The van der Waals surface area contributed by atoms with Gasteiger partial charge in [0.25, 0.3) is 5.91 Å². The van der Waals surface area contributed by atoms with Gasteiger partial charge in [-0.3, -0.25) is 4.79 Å². The highest BCUT2D eigenvalue weighted by atomic mass is 79.9. The first-order valence-electron chi connectivity index (χ1n) is 5.96. The molecule has 3 N–H and O–H groups in total. The van der Waals surface area contributed by atoms with Gasteiger partial charge in [0.15, 0.2) is 6.10 Å². The number of nitrogen functional groups attached to an aromatic ring is 1. The molecule has 1 amide bonds. The van der Waals surface area contributed by atoms with Crippen LogP contribution in [0, 0.1) is 0 Å². The second-order valence-electron chi connectivity index (χ2n) is 4.26. The molecular weight excluding hydrogens is 296 g/mol. The molecule has 0 aromatic heterocycles. The van der Waals surface area contributed by atoms with E-state index >= 15 is 0 Å². The van der Waals surface area contributed by atoms with Crippen LogP contribution in [0.15, 0.2) is 22.7 Å². The number of rotatable bonds is 5. The van der Waals surface area contributed by atoms with E-state index in [0.717, 1.165) is 10.9 Å². The summed E-state index contributed by atoms with van der Waals surface area (Å²) in [5, 5.41) is 2.87. The molecule has 0 bridgehead atoms. The number of ether oxygens (including phenoxy) is 1. The summed E-state index contributed by atoms with van der Waals surface area (Å²) in [6.45, 7) is 5.68. The molecule has 5 heteroatoms. The summed E-state index contributed by atoms with van der Waals surface area (Å²) in [5.74, 6) is 0.386. The number of carbonyl (C=O) groups excluding carboxylic acids is 1. The fourth-order valence-electron chi connectivity index (χ4n) is 1.33. The highest BCUT2D eigenvalue weighted by molar-refractivity contribution is 9.10. The van der Waals surface area contributed by atoms with Crippen LogP contribution < -0.4 is 15.8 Å². The van der Waals surface area contributed by atoms with E-state index in [1.54, 1.807) is 19.1 Å². The molecule has 0 saturated carbocycles. The first kappa shape index (κ1) is 14.8. The van der Waals surface area contributed by atoms with Gasteiger partial charge in [-0.1, -0.05) is 22.9 Å². The molecule has 0 spiro atoms. The van der Waals surface area contributed by atoms with E-state index < -0.39 is 6.10 Å². The predicted octanol–water partition coefficient (Wildman–Crippen LogP) is 2.71. The van der Waals surface area contributed by atoms with E-state index in [2.05, 4.69) is 21.2 Å². The molecule has 0 fully saturated rings. The quantitative estimate of drug-likeness (QED) is 0.821. The Kier molecular flexibility index (Phi) is 5.47. The van der Waals surface area contributed by atoms with Crippen molar-refractivity contribution in [1.29, 1.82) is 0 Å². The van der Waals surface area contributed by atoms with Crippen LogP contribution in [0.2, 0.25) is 0 Å². The Labute approximate surface area is 116 Å². The average Bonchev–Trinajstić information content (AvgIpc) is 2.32. The van der Waals surface area contributed by atoms with E-state index in [4.69, 9.17) is 10.5 Å². The number of benzene rings is 1. The molecule has 4 nitrogen and oxygen atoms in total. The largest absolute Gasteiger partial charge is 0.479 e. The molecule has 1 rings (SSSR count). The molecular formula is C13H19BrN2O2. The lowest BCUT2D eigenvalue weighted by molar-refractivity contribution is -0.127. The number of hydrogen-bond donors (Lipinski definition) is 2. The lowest BCUT2D eigenvalue weighted by atomic mass is 10.2. The van der Waals surface area contributed by atoms with Gasteiger partial charge in [0.05, 0.1) is 5.69 Å². The van der Waals surface area contributed by atoms with E-state index in [0.29, 0.717) is 11.4 Å². The van der Waals surface area contributed by atoms with Gasteiger partial charge in [-0.15, -0.1) is 0 Å². The smallest absolute Gasteiger partial charge is 0.260 e. The van der Waals surface area contributed by atoms with Gasteiger partial charge in [-0.05, 0) is 38.5 Å². The maximum atomic E-state index is 11.8. The first-order chi connectivity index (χ1) is 8.43. The van der Waals surface area contributed by atoms with Gasteiger partial charge in [0.2, 0.25) is 0 Å². The number of amides is 1. The molecule has 18 heavy (non-hydrogen) atoms. The van der Waals surface area contributed by atoms with Gasteiger partial charge >= 0.3 is 0 Å². The van der Waals surface area contributed by atoms with Crippen LogP contribution in [0.4, 0.5) is 5.69 Å². The van der Waals surface area contributed by atoms with Crippen LogP contribution in [-0.2, 0) is 4.79 Å². The lowest BCUT2D eigenvalue weighted by Crippen LogP contribution is -2.41. The van der Waals surface area contributed by atoms with Crippen molar-refractivity contribution in [3.63, 3.8) is 0 Å². The van der Waals surface area contributed by atoms with Crippen LogP contribution in [0.1, 0.15) is 27.2 Å². The zero-order valence-corrected chi connectivity index (χ0v) is 12.5. The Morgan fingerprint density at radius 2 is 2.17 bits per heavy atom. The Bertz CT molecular complexity index is 423. The SMILES string of the molecule is CCC(C)NC(=O)C(C)Oc1ccc(Br)cc1N. The van der Waals surface area contributed by atoms with Gasteiger partial charge in [-0.2, -0.15) is 0 Å². The summed E-state index contributed by atoms with van der Waals surface area (Å²) in [6, 6.07) is 5.46. The number of nitrogens with one attached hydrogen (secondary N) is 1. The average molecular weight is 315 g/mol. The van der Waals surface area contributed by atoms with Crippen molar-refractivity contribution in [3.05, 3.63) is 22.7 Å². The summed E-state index contributed by atoms with van der Waals surface area (Å²) < 4.78 is 6.43. The minimum Gasteiger partial charge on any atom is -0.479 e. The molecule has 0 aliphatic rings. The standard InChI is InChI=1S/C13H19BrN2O2/c1-4-8(2)16-13(17)9(3)18-12-6-5-10(14)7-11(12)15/h5-9H,4,15H2,1-3H3,(H,16,17). The molecule has 0 heterocycles. The molecule has 0 saturated heterocycles. The zero-order chi connectivity index (χ0) is 13.7. The van der Waals surface area contributed by atoms with Gasteiger partial charge < -0.3 is 15.8 Å². The van der Waals surface area contributed by atoms with Crippen molar-refractivity contribution in [2.75, 3.05) is 5.73 Å². The van der Waals surface area contributed by atoms with Gasteiger partial charge in [0.1, 0.15) is 5.75 Å². The fourth-order valence-corrected chi connectivity index (χ4v) is 1.71. The first-order valence-corrected chi connectivity index (χ1v) is 6.75. The van der Waals surface area contributed by atoms with Crippen LogP contribution in [0.25, 0.3) is 0 Å². The minimum absolute atomic E-state index is 0.133. The van der Waals surface area contributed by atoms with Crippen molar-refractivity contribution in [3.8, 4) is 5.75 Å². The summed E-state index contributed by atoms with van der Waals surface area (Å²) in [4.78, 5) is 11.8. The number of carbonyl (C=O) groups is 1. The lowest BCUT2D eigenvalue weighted by Gasteiger charge is -2.18. The highest BCUT2D eigenvalue weighted by Crippen LogP contribution is 2.26. The van der Waals surface area contributed by atoms with E-state index in [1.165, 1.54) is 0 Å². The maximum absolute atomic E-state index is 11.8. The fraction of sp³-hybridized carbons (Fsp3) is 0.462. The van der Waals surface area contributed by atoms with Crippen molar-refractivity contribution >= 4 is 27.5 Å². The summed E-state index contributed by atoms with van der Waals surface area (Å²) in [6.07, 6.45) is 0.321. The topological polar surface area (TPSA) is 64.3 Å². The van der Waals surface area contributed by atoms with Gasteiger partial charge in [0, 0.05) is 10.5 Å². The Morgan fingerprint density at radius 1 is 1.50 bits per heavy atom. The molecule has 2 atom stereocenters. The van der Waals surface area contributed by atoms with Crippen LogP contribution in [-0.4, -0.2) is 18.1 Å². The zero-order valence-electron chi connectivity index (χ0n) is 10.9. The Balaban J connectivity index is 2.63. The number of hydrogen-bond acceptors (Lipinski definition) is 3. The summed E-state index contributed by atoms with van der Waals surface area (Å²) >= 11 is 3.32. The van der Waals surface area contributed by atoms with Crippen molar-refractivity contribution in [1.82, 2.24) is 5.32 Å². The van der Waals surface area contributed by atoms with E-state index in [9.17, 15) is 4.79 Å². The van der Waals surface area contributed by atoms with E-state index in [-0.39, 0.29) is 11.9 Å². The summed E-state index contributed by atoms with van der Waals surface area (Å²) in [5.41, 5.74) is 6.32. The molecule has 100 valence electrons. The second kappa shape index (κ2) is 6.64. The maximum Gasteiger partial charge on any atom is 0.260 e. The molecule has 0 aliphatic heterocycles. The number of nitrogens with two attached hydrogens (primary N) is 1. The third-order valence-electron chi connectivity index (χ3n) is 2.65. The third kappa shape index (κ3) is 4.22. The van der Waals surface area contributed by atoms with Gasteiger partial charge in [-0.25, -0.2) is 0 Å². The number of anilines is 1. The Hall–Kier alpha value is -1.23. The van der Waals surface area contributed by atoms with Crippen LogP contribution >= 0.6 is 15.9 Å². The highest BCUT2D eigenvalue weighted by Gasteiger charge is 2.17. The molecule has 1 aromatic rings. The predicted molar refractivity (Wildman–Crippen MR) is 76.5 cm³/mol. The normalized spacial score (nSPS) is 13.8. The van der Waals surface area contributed by atoms with Crippen molar-refractivity contribution in [2.24, 2.45) is 0 Å². The van der Waals surface area contributed by atoms with Crippen molar-refractivity contribution in [2.45, 2.75) is 39.3 Å². The molecule has 2 unspecified atom stereocenters. The summed E-state index contributed by atoms with van der Waals surface area (Å²) in [7, 11) is 0. The minimum atomic E-state index is -0.567. The third-order valence-corrected chi connectivity index (χ3v) is 3.14. The second-order valence-corrected chi connectivity index (χ2v) is 5.18. The van der Waals surface area contributed by atoms with E-state index in [1.807, 2.05) is 19.9 Å². The molecule has 0 aliphatic carbocycles. The molecule has 0 radical (unpaired) electrons. The number of halogens is 1. The van der Waals surface area contributed by atoms with Crippen LogP contribution in [0.5, 0.6) is 5.75 Å².